The summed E-state index contributed by atoms with van der Waals surface area (Å²) in [5.41, 5.74) is 2.55. The van der Waals surface area contributed by atoms with Crippen molar-refractivity contribution in [3.05, 3.63) is 97.8 Å². The van der Waals surface area contributed by atoms with Gasteiger partial charge in [0.05, 0.1) is 18.1 Å². The quantitative estimate of drug-likeness (QED) is 0.271. The minimum Gasteiger partial charge on any atom is -0.490 e. The second kappa shape index (κ2) is 11.1. The monoisotopic (exact) mass is 557 g/mol. The Labute approximate surface area is 215 Å². The maximum absolute atomic E-state index is 12.9. The van der Waals surface area contributed by atoms with Crippen LogP contribution in [-0.4, -0.2) is 22.7 Å². The molecule has 1 aliphatic heterocycles. The summed E-state index contributed by atoms with van der Waals surface area (Å²) in [5.74, 6) is 0.830. The Morgan fingerprint density at radius 3 is 2.59 bits per heavy atom. The third-order valence-corrected chi connectivity index (χ3v) is 6.92. The van der Waals surface area contributed by atoms with Gasteiger partial charge in [0.15, 0.2) is 11.5 Å². The fourth-order valence-corrected chi connectivity index (χ4v) is 4.84. The lowest BCUT2D eigenvalue weighted by atomic mass is 10.1. The van der Waals surface area contributed by atoms with Gasteiger partial charge in [0.25, 0.3) is 11.1 Å². The van der Waals surface area contributed by atoms with Crippen LogP contribution in [0.1, 0.15) is 23.6 Å². The van der Waals surface area contributed by atoms with Gasteiger partial charge in [-0.1, -0.05) is 63.9 Å². The molecule has 1 fully saturated rings. The summed E-state index contributed by atoms with van der Waals surface area (Å²) in [4.78, 5) is 27.1. The van der Waals surface area contributed by atoms with Gasteiger partial charge < -0.3 is 9.47 Å². The third kappa shape index (κ3) is 5.84. The smallest absolute Gasteiger partial charge is 0.293 e. The molecule has 0 radical (unpaired) electrons. The van der Waals surface area contributed by atoms with Crippen LogP contribution in [0.5, 0.6) is 11.5 Å². The van der Waals surface area contributed by atoms with Crippen molar-refractivity contribution in [3.63, 3.8) is 0 Å². The molecule has 174 valence electrons. The van der Waals surface area contributed by atoms with Crippen LogP contribution in [0.25, 0.3) is 6.08 Å². The van der Waals surface area contributed by atoms with E-state index in [0.717, 1.165) is 32.9 Å². The van der Waals surface area contributed by atoms with Gasteiger partial charge in [0.1, 0.15) is 6.61 Å². The van der Waals surface area contributed by atoms with E-state index < -0.39 is 0 Å². The van der Waals surface area contributed by atoms with Gasteiger partial charge in [-0.15, -0.1) is 0 Å². The molecule has 1 heterocycles. The van der Waals surface area contributed by atoms with Crippen LogP contribution < -0.4 is 9.47 Å². The topological polar surface area (TPSA) is 55.8 Å². The Kier molecular flexibility index (Phi) is 7.98. The third-order valence-electron chi connectivity index (χ3n) is 5.01. The highest BCUT2D eigenvalue weighted by Gasteiger charge is 2.35. The number of hydrogen-bond donors (Lipinski definition) is 0. The van der Waals surface area contributed by atoms with Crippen LogP contribution in [0.15, 0.2) is 76.1 Å². The average molecular weight is 559 g/mol. The molecule has 5 nitrogen and oxygen atoms in total. The predicted octanol–water partition coefficient (Wildman–Crippen LogP) is 7.32. The number of carbonyl (C=O) groups is 2. The first-order chi connectivity index (χ1) is 16.4. The molecular formula is C26H21BrClNO4S. The molecule has 0 N–H and O–H groups in total. The number of imide groups is 1. The van der Waals surface area contributed by atoms with Crippen LogP contribution in [0.4, 0.5) is 4.79 Å². The summed E-state index contributed by atoms with van der Waals surface area (Å²) in [5, 5.41) is 0.355. The molecule has 8 heteroatoms. The van der Waals surface area contributed by atoms with Crippen molar-refractivity contribution in [1.82, 2.24) is 4.90 Å². The number of amides is 2. The molecule has 0 spiro atoms. The SMILES string of the molecule is CCOc1cc(/C=C2\SC(=O)N(Cc3ccccc3Br)C2=O)ccc1OCc1cccc(Cl)c1. The summed E-state index contributed by atoms with van der Waals surface area (Å²) in [7, 11) is 0. The molecule has 1 aliphatic rings. The molecule has 0 aliphatic carbocycles. The lowest BCUT2D eigenvalue weighted by Crippen LogP contribution is -2.27. The second-order valence-electron chi connectivity index (χ2n) is 7.42. The fraction of sp³-hybridized carbons (Fsp3) is 0.154. The average Bonchev–Trinajstić information content (AvgIpc) is 3.07. The van der Waals surface area contributed by atoms with Crippen molar-refractivity contribution in [1.29, 1.82) is 0 Å². The van der Waals surface area contributed by atoms with Gasteiger partial charge in [-0.25, -0.2) is 0 Å². The molecule has 0 atom stereocenters. The largest absolute Gasteiger partial charge is 0.490 e. The highest BCUT2D eigenvalue weighted by Crippen LogP contribution is 2.36. The number of thioether (sulfide) groups is 1. The Morgan fingerprint density at radius 1 is 1.00 bits per heavy atom. The highest BCUT2D eigenvalue weighted by molar-refractivity contribution is 9.10. The van der Waals surface area contributed by atoms with Crippen molar-refractivity contribution in [3.8, 4) is 11.5 Å². The van der Waals surface area contributed by atoms with E-state index in [-0.39, 0.29) is 17.7 Å². The van der Waals surface area contributed by atoms with Gasteiger partial charge in [0.2, 0.25) is 0 Å². The van der Waals surface area contributed by atoms with Gasteiger partial charge in [-0.3, -0.25) is 14.5 Å². The number of rotatable bonds is 8. The van der Waals surface area contributed by atoms with Crippen molar-refractivity contribution in [2.75, 3.05) is 6.61 Å². The molecule has 4 rings (SSSR count). The molecule has 3 aromatic carbocycles. The number of ether oxygens (including phenoxy) is 2. The van der Waals surface area contributed by atoms with E-state index in [1.165, 1.54) is 4.90 Å². The van der Waals surface area contributed by atoms with Crippen LogP contribution in [0, 0.1) is 0 Å². The minimum atomic E-state index is -0.315. The predicted molar refractivity (Wildman–Crippen MR) is 139 cm³/mol. The zero-order valence-electron chi connectivity index (χ0n) is 18.3. The first kappa shape index (κ1) is 24.4. The highest BCUT2D eigenvalue weighted by atomic mass is 79.9. The number of benzene rings is 3. The normalized spacial score (nSPS) is 14.7. The second-order valence-corrected chi connectivity index (χ2v) is 9.70. The van der Waals surface area contributed by atoms with Crippen LogP contribution in [0.2, 0.25) is 5.02 Å². The van der Waals surface area contributed by atoms with Gasteiger partial charge in [-0.05, 0) is 71.8 Å². The lowest BCUT2D eigenvalue weighted by Gasteiger charge is -2.14. The molecule has 0 bridgehead atoms. The van der Waals surface area contributed by atoms with E-state index in [1.807, 2.05) is 61.5 Å². The first-order valence-corrected chi connectivity index (χ1v) is 12.6. The zero-order valence-corrected chi connectivity index (χ0v) is 21.5. The Morgan fingerprint density at radius 2 is 1.82 bits per heavy atom. The summed E-state index contributed by atoms with van der Waals surface area (Å²) in [6.07, 6.45) is 1.70. The Hall–Kier alpha value is -2.74. The number of hydrogen-bond acceptors (Lipinski definition) is 5. The van der Waals surface area contributed by atoms with Crippen molar-refractivity contribution >= 4 is 56.5 Å². The maximum atomic E-state index is 12.9. The molecule has 0 aromatic heterocycles. The summed E-state index contributed by atoms with van der Waals surface area (Å²) in [6, 6.07) is 20.4. The molecule has 0 saturated carbocycles. The first-order valence-electron chi connectivity index (χ1n) is 10.6. The Balaban J connectivity index is 1.51. The van der Waals surface area contributed by atoms with Gasteiger partial charge in [0, 0.05) is 9.50 Å². The van der Waals surface area contributed by atoms with Crippen molar-refractivity contribution in [2.45, 2.75) is 20.1 Å². The van der Waals surface area contributed by atoms with E-state index >= 15 is 0 Å². The van der Waals surface area contributed by atoms with E-state index in [9.17, 15) is 9.59 Å². The molecule has 3 aromatic rings. The standard InChI is InChI=1S/C26H21BrClNO4S/c1-2-32-23-13-17(10-11-22(23)33-16-18-6-5-8-20(28)12-18)14-24-25(30)29(26(31)34-24)15-19-7-3-4-9-21(19)27/h3-14H,2,15-16H2,1H3/b24-14-. The van der Waals surface area contributed by atoms with E-state index in [4.69, 9.17) is 21.1 Å². The number of nitrogens with zero attached hydrogens (tertiary/aromatic N) is 1. The maximum Gasteiger partial charge on any atom is 0.293 e. The molecule has 34 heavy (non-hydrogen) atoms. The minimum absolute atomic E-state index is 0.212. The molecule has 1 saturated heterocycles. The molecular weight excluding hydrogens is 538 g/mol. The van der Waals surface area contributed by atoms with Gasteiger partial charge >= 0.3 is 0 Å². The zero-order chi connectivity index (χ0) is 24.1. The summed E-state index contributed by atoms with van der Waals surface area (Å²) in [6.45, 7) is 2.90. The molecule has 0 unspecified atom stereocenters. The van der Waals surface area contributed by atoms with E-state index in [2.05, 4.69) is 15.9 Å². The number of carbonyl (C=O) groups excluding carboxylic acids is 2. The van der Waals surface area contributed by atoms with E-state index in [0.29, 0.717) is 34.6 Å². The van der Waals surface area contributed by atoms with E-state index in [1.54, 1.807) is 18.2 Å². The van der Waals surface area contributed by atoms with Crippen LogP contribution >= 0.6 is 39.3 Å². The van der Waals surface area contributed by atoms with Crippen molar-refractivity contribution in [2.24, 2.45) is 0 Å². The van der Waals surface area contributed by atoms with Crippen LogP contribution in [-0.2, 0) is 17.9 Å². The molecule has 2 amide bonds. The summed E-state index contributed by atoms with van der Waals surface area (Å²) < 4.78 is 12.6. The number of halogens is 2. The van der Waals surface area contributed by atoms with Gasteiger partial charge in [-0.2, -0.15) is 0 Å². The van der Waals surface area contributed by atoms with Crippen molar-refractivity contribution < 1.29 is 19.1 Å². The summed E-state index contributed by atoms with van der Waals surface area (Å²) >= 11 is 10.5. The fourth-order valence-electron chi connectivity index (χ4n) is 3.37. The van der Waals surface area contributed by atoms with Crippen LogP contribution in [0.3, 0.4) is 0 Å². The Bertz CT molecular complexity index is 1260. The lowest BCUT2D eigenvalue weighted by molar-refractivity contribution is -0.123.